The van der Waals surface area contributed by atoms with E-state index in [1.807, 2.05) is 19.1 Å². The van der Waals surface area contributed by atoms with Crippen molar-refractivity contribution in [1.82, 2.24) is 4.98 Å². The minimum atomic E-state index is 0.0266. The Kier molecular flexibility index (Phi) is 1.47. The fourth-order valence-corrected chi connectivity index (χ4v) is 1.33. The third-order valence-corrected chi connectivity index (χ3v) is 1.90. The second kappa shape index (κ2) is 2.48. The Hall–Kier alpha value is -1.57. The van der Waals surface area contributed by atoms with Gasteiger partial charge in [-0.05, 0) is 24.6 Å². The summed E-state index contributed by atoms with van der Waals surface area (Å²) in [6.07, 6.45) is 1.70. The number of rotatable bonds is 0. The molecule has 0 atom stereocenters. The molecule has 1 aromatic carbocycles. The Morgan fingerprint density at radius 2 is 2.17 bits per heavy atom. The molecule has 0 amide bonds. The lowest BCUT2D eigenvalue weighted by Gasteiger charge is -1.99. The predicted molar refractivity (Wildman–Crippen MR) is 46.6 cm³/mol. The Bertz CT molecular complexity index is 423. The number of benzene rings is 1. The van der Waals surface area contributed by atoms with Crippen LogP contribution in [0.1, 0.15) is 5.56 Å². The Labute approximate surface area is 70.5 Å². The monoisotopic (exact) mass is 158 g/mol. The smallest absolute Gasteiger partial charge is 0.181 e. The summed E-state index contributed by atoms with van der Waals surface area (Å²) in [5.74, 6) is 0.0266. The number of hydrogen-bond acceptors (Lipinski definition) is 1. The van der Waals surface area contributed by atoms with Crippen LogP contribution < -0.4 is 0 Å². The molecular weight excluding hydrogens is 150 g/mol. The van der Waals surface area contributed by atoms with E-state index < -0.39 is 0 Å². The van der Waals surface area contributed by atoms with Crippen LogP contribution in [0.4, 0.5) is 0 Å². The molecule has 0 saturated carbocycles. The lowest BCUT2D eigenvalue weighted by Crippen LogP contribution is -1.80. The maximum atomic E-state index is 11.1. The zero-order valence-corrected chi connectivity index (χ0v) is 6.74. The van der Waals surface area contributed by atoms with Gasteiger partial charge in [-0.3, -0.25) is 10.1 Å². The average molecular weight is 158 g/mol. The molecule has 0 unspecified atom stereocenters. The molecule has 2 aromatic rings. The first-order valence-corrected chi connectivity index (χ1v) is 3.80. The van der Waals surface area contributed by atoms with Crippen LogP contribution in [0.5, 0.6) is 5.75 Å². The van der Waals surface area contributed by atoms with E-state index in [1.54, 1.807) is 18.3 Å². The van der Waals surface area contributed by atoms with Crippen LogP contribution in [0.2, 0.25) is 0 Å². The molecule has 0 N–H and O–H groups in total. The molecule has 2 nitrogen and oxygen atoms in total. The Balaban J connectivity index is 2.89. The topological polar surface area (TPSA) is 32.8 Å². The van der Waals surface area contributed by atoms with Crippen LogP contribution in [0, 0.1) is 6.92 Å². The van der Waals surface area contributed by atoms with Crippen molar-refractivity contribution in [2.45, 2.75) is 6.92 Å². The Morgan fingerprint density at radius 1 is 1.33 bits per heavy atom. The van der Waals surface area contributed by atoms with Gasteiger partial charge in [0, 0.05) is 17.6 Å². The van der Waals surface area contributed by atoms with Crippen LogP contribution in [-0.2, 0) is 5.11 Å². The normalized spacial score (nSPS) is 10.4. The van der Waals surface area contributed by atoms with Crippen molar-refractivity contribution in [3.8, 4) is 5.75 Å². The summed E-state index contributed by atoms with van der Waals surface area (Å²) in [5.41, 5.74) is 1.77. The zero-order chi connectivity index (χ0) is 8.55. The summed E-state index contributed by atoms with van der Waals surface area (Å²) < 4.78 is 0. The first kappa shape index (κ1) is 7.10. The lowest BCUT2D eigenvalue weighted by atomic mass is 10.1. The lowest BCUT2D eigenvalue weighted by molar-refractivity contribution is 0.355. The maximum Gasteiger partial charge on any atom is 0.181 e. The highest BCUT2D eigenvalue weighted by atomic mass is 16.3. The minimum Gasteiger partial charge on any atom is -0.290 e. The summed E-state index contributed by atoms with van der Waals surface area (Å²) >= 11 is 0. The Morgan fingerprint density at radius 3 is 3.00 bits per heavy atom. The molecule has 1 radical (unpaired) electrons. The van der Waals surface area contributed by atoms with Crippen molar-refractivity contribution in [2.24, 2.45) is 0 Å². The van der Waals surface area contributed by atoms with Gasteiger partial charge >= 0.3 is 0 Å². The highest BCUT2D eigenvalue weighted by Crippen LogP contribution is 2.22. The standard InChI is InChI=1S/C10H8NO/c1-7-5-8(12)6-10-9(7)3-2-4-11-10/h2-6H,1H3. The molecule has 12 heavy (non-hydrogen) atoms. The van der Waals surface area contributed by atoms with Crippen molar-refractivity contribution in [2.75, 3.05) is 0 Å². The second-order valence-electron chi connectivity index (χ2n) is 2.81. The van der Waals surface area contributed by atoms with Crippen LogP contribution in [0.15, 0.2) is 30.5 Å². The predicted octanol–water partition coefficient (Wildman–Crippen LogP) is 2.69. The van der Waals surface area contributed by atoms with E-state index in [-0.39, 0.29) is 5.75 Å². The molecule has 1 aromatic heterocycles. The fourth-order valence-electron chi connectivity index (χ4n) is 1.33. The van der Waals surface area contributed by atoms with Gasteiger partial charge in [-0.2, -0.15) is 0 Å². The van der Waals surface area contributed by atoms with Crippen molar-refractivity contribution < 1.29 is 5.11 Å². The summed E-state index contributed by atoms with van der Waals surface area (Å²) in [6.45, 7) is 1.92. The molecule has 2 rings (SSSR count). The van der Waals surface area contributed by atoms with Crippen LogP contribution in [0.3, 0.4) is 0 Å². The molecule has 2 heteroatoms. The van der Waals surface area contributed by atoms with E-state index in [0.29, 0.717) is 0 Å². The summed E-state index contributed by atoms with van der Waals surface area (Å²) in [6, 6.07) is 7.03. The number of aromatic nitrogens is 1. The van der Waals surface area contributed by atoms with Crippen molar-refractivity contribution >= 4 is 10.9 Å². The van der Waals surface area contributed by atoms with E-state index in [0.717, 1.165) is 16.5 Å². The SMILES string of the molecule is Cc1cc([O])cc2ncccc12. The highest BCUT2D eigenvalue weighted by Gasteiger charge is 2.00. The molecule has 0 aliphatic rings. The van der Waals surface area contributed by atoms with Gasteiger partial charge in [0.05, 0.1) is 5.52 Å². The van der Waals surface area contributed by atoms with E-state index in [4.69, 9.17) is 0 Å². The molecule has 0 saturated heterocycles. The third kappa shape index (κ3) is 1.01. The number of hydrogen-bond donors (Lipinski definition) is 0. The summed E-state index contributed by atoms with van der Waals surface area (Å²) in [5, 5.41) is 12.1. The molecule has 0 aliphatic carbocycles. The molecular formula is C10H8NO. The van der Waals surface area contributed by atoms with Crippen LogP contribution >= 0.6 is 0 Å². The number of pyridine rings is 1. The quantitative estimate of drug-likeness (QED) is 0.580. The summed E-state index contributed by atoms with van der Waals surface area (Å²) in [4.78, 5) is 4.10. The van der Waals surface area contributed by atoms with Crippen LogP contribution in [0.25, 0.3) is 10.9 Å². The van der Waals surface area contributed by atoms with Crippen LogP contribution in [-0.4, -0.2) is 4.98 Å². The fraction of sp³-hybridized carbons (Fsp3) is 0.100. The largest absolute Gasteiger partial charge is 0.290 e. The molecule has 0 fully saturated rings. The summed E-state index contributed by atoms with van der Waals surface area (Å²) in [7, 11) is 0. The number of fused-ring (bicyclic) bond motifs is 1. The van der Waals surface area contributed by atoms with Gasteiger partial charge < -0.3 is 0 Å². The van der Waals surface area contributed by atoms with Gasteiger partial charge in [0.1, 0.15) is 0 Å². The average Bonchev–Trinajstić information content (AvgIpc) is 2.04. The van der Waals surface area contributed by atoms with E-state index in [9.17, 15) is 5.11 Å². The molecule has 0 bridgehead atoms. The highest BCUT2D eigenvalue weighted by molar-refractivity contribution is 5.83. The number of aryl methyl sites for hydroxylation is 1. The van der Waals surface area contributed by atoms with Gasteiger partial charge in [0.25, 0.3) is 0 Å². The molecule has 59 valence electrons. The number of nitrogens with zero attached hydrogens (tertiary/aromatic N) is 1. The van der Waals surface area contributed by atoms with Gasteiger partial charge in [-0.25, -0.2) is 0 Å². The van der Waals surface area contributed by atoms with Gasteiger partial charge in [0.2, 0.25) is 0 Å². The first-order chi connectivity index (χ1) is 5.77. The minimum absolute atomic E-state index is 0.0266. The molecule has 0 spiro atoms. The van der Waals surface area contributed by atoms with E-state index >= 15 is 0 Å². The van der Waals surface area contributed by atoms with Crippen molar-refractivity contribution in [1.29, 1.82) is 0 Å². The van der Waals surface area contributed by atoms with Crippen molar-refractivity contribution in [3.05, 3.63) is 36.0 Å². The van der Waals surface area contributed by atoms with Crippen molar-refractivity contribution in [3.63, 3.8) is 0 Å². The molecule has 1 heterocycles. The second-order valence-corrected chi connectivity index (χ2v) is 2.81. The van der Waals surface area contributed by atoms with Gasteiger partial charge in [-0.15, -0.1) is 0 Å². The zero-order valence-electron chi connectivity index (χ0n) is 6.74. The van der Waals surface area contributed by atoms with Gasteiger partial charge in [0.15, 0.2) is 5.75 Å². The third-order valence-electron chi connectivity index (χ3n) is 1.90. The molecule has 0 aliphatic heterocycles. The first-order valence-electron chi connectivity index (χ1n) is 3.80. The van der Waals surface area contributed by atoms with E-state index in [1.165, 1.54) is 0 Å². The van der Waals surface area contributed by atoms with Gasteiger partial charge in [-0.1, -0.05) is 6.07 Å². The van der Waals surface area contributed by atoms with E-state index in [2.05, 4.69) is 4.98 Å². The maximum absolute atomic E-state index is 11.1.